The van der Waals surface area contributed by atoms with Gasteiger partial charge in [-0.05, 0) is 19.8 Å². The molecule has 0 unspecified atom stereocenters. The van der Waals surface area contributed by atoms with Gasteiger partial charge in [-0.2, -0.15) is 0 Å². The molecule has 0 fully saturated rings. The SMILES string of the molecule is CCC1=C(C)C(=O)NCC1. The lowest BCUT2D eigenvalue weighted by molar-refractivity contribution is -0.117. The fourth-order valence-electron chi connectivity index (χ4n) is 1.25. The molecule has 0 bridgehead atoms. The van der Waals surface area contributed by atoms with Gasteiger partial charge in [-0.25, -0.2) is 0 Å². The van der Waals surface area contributed by atoms with Gasteiger partial charge in [0.15, 0.2) is 0 Å². The van der Waals surface area contributed by atoms with Crippen LogP contribution in [-0.4, -0.2) is 12.5 Å². The molecule has 0 aromatic carbocycles. The van der Waals surface area contributed by atoms with E-state index in [1.807, 2.05) is 6.92 Å². The molecule has 10 heavy (non-hydrogen) atoms. The summed E-state index contributed by atoms with van der Waals surface area (Å²) < 4.78 is 0. The minimum Gasteiger partial charge on any atom is -0.352 e. The highest BCUT2D eigenvalue weighted by Crippen LogP contribution is 2.15. The molecule has 2 nitrogen and oxygen atoms in total. The topological polar surface area (TPSA) is 29.1 Å². The number of hydrogen-bond acceptors (Lipinski definition) is 1. The van der Waals surface area contributed by atoms with Gasteiger partial charge in [0.05, 0.1) is 0 Å². The van der Waals surface area contributed by atoms with Gasteiger partial charge in [0.1, 0.15) is 0 Å². The molecule has 56 valence electrons. The van der Waals surface area contributed by atoms with E-state index < -0.39 is 0 Å². The molecule has 0 saturated heterocycles. The first-order chi connectivity index (χ1) is 4.75. The van der Waals surface area contributed by atoms with Crippen molar-refractivity contribution in [3.8, 4) is 0 Å². The summed E-state index contributed by atoms with van der Waals surface area (Å²) in [6, 6.07) is 0. The van der Waals surface area contributed by atoms with Crippen molar-refractivity contribution in [1.82, 2.24) is 5.32 Å². The van der Waals surface area contributed by atoms with E-state index in [9.17, 15) is 4.79 Å². The van der Waals surface area contributed by atoms with Crippen LogP contribution in [0.1, 0.15) is 26.7 Å². The first-order valence-electron chi connectivity index (χ1n) is 3.72. The third-order valence-corrected chi connectivity index (χ3v) is 2.01. The van der Waals surface area contributed by atoms with Gasteiger partial charge in [-0.3, -0.25) is 4.79 Å². The van der Waals surface area contributed by atoms with Crippen molar-refractivity contribution in [2.24, 2.45) is 0 Å². The highest BCUT2D eigenvalue weighted by molar-refractivity contribution is 5.94. The normalized spacial score (nSPS) is 19.2. The van der Waals surface area contributed by atoms with E-state index in [0.29, 0.717) is 0 Å². The van der Waals surface area contributed by atoms with Crippen molar-refractivity contribution in [2.45, 2.75) is 26.7 Å². The van der Waals surface area contributed by atoms with Crippen LogP contribution in [0.2, 0.25) is 0 Å². The first kappa shape index (κ1) is 7.32. The van der Waals surface area contributed by atoms with E-state index in [0.717, 1.165) is 25.0 Å². The summed E-state index contributed by atoms with van der Waals surface area (Å²) in [5.41, 5.74) is 2.23. The smallest absolute Gasteiger partial charge is 0.246 e. The lowest BCUT2D eigenvalue weighted by Gasteiger charge is -2.16. The number of amides is 1. The Labute approximate surface area is 61.3 Å². The van der Waals surface area contributed by atoms with Gasteiger partial charge in [-0.1, -0.05) is 12.5 Å². The molecule has 0 saturated carbocycles. The molecule has 0 aromatic heterocycles. The second kappa shape index (κ2) is 2.86. The second-order valence-electron chi connectivity index (χ2n) is 2.59. The van der Waals surface area contributed by atoms with Crippen molar-refractivity contribution >= 4 is 5.91 Å². The maximum absolute atomic E-state index is 11.0. The molecule has 1 amide bonds. The minimum absolute atomic E-state index is 0.114. The predicted molar refractivity (Wildman–Crippen MR) is 40.6 cm³/mol. The summed E-state index contributed by atoms with van der Waals surface area (Å²) in [5, 5.41) is 2.80. The third kappa shape index (κ3) is 1.20. The zero-order valence-corrected chi connectivity index (χ0v) is 6.53. The number of rotatable bonds is 1. The average molecular weight is 139 g/mol. The van der Waals surface area contributed by atoms with E-state index in [4.69, 9.17) is 0 Å². The molecule has 1 rings (SSSR count). The van der Waals surface area contributed by atoms with Crippen LogP contribution in [0.15, 0.2) is 11.1 Å². The molecule has 1 N–H and O–H groups in total. The van der Waals surface area contributed by atoms with Crippen LogP contribution < -0.4 is 5.32 Å². The van der Waals surface area contributed by atoms with Crippen LogP contribution in [0.5, 0.6) is 0 Å². The zero-order valence-electron chi connectivity index (χ0n) is 6.53. The summed E-state index contributed by atoms with van der Waals surface area (Å²) in [7, 11) is 0. The summed E-state index contributed by atoms with van der Waals surface area (Å²) >= 11 is 0. The van der Waals surface area contributed by atoms with Crippen LogP contribution in [0.3, 0.4) is 0 Å². The molecule has 1 aliphatic rings. The first-order valence-corrected chi connectivity index (χ1v) is 3.72. The Hall–Kier alpha value is -0.790. The van der Waals surface area contributed by atoms with E-state index in [1.54, 1.807) is 0 Å². The van der Waals surface area contributed by atoms with Crippen molar-refractivity contribution in [3.63, 3.8) is 0 Å². The van der Waals surface area contributed by atoms with Crippen LogP contribution in [0, 0.1) is 0 Å². The maximum atomic E-state index is 11.0. The Bertz CT molecular complexity index is 182. The Balaban J connectivity index is 2.82. The Morgan fingerprint density at radius 2 is 2.30 bits per heavy atom. The van der Waals surface area contributed by atoms with Gasteiger partial charge >= 0.3 is 0 Å². The van der Waals surface area contributed by atoms with E-state index in [1.165, 1.54) is 5.57 Å². The Morgan fingerprint density at radius 3 is 2.80 bits per heavy atom. The lowest BCUT2D eigenvalue weighted by atomic mass is 10.0. The average Bonchev–Trinajstić information content (AvgIpc) is 1.95. The summed E-state index contributed by atoms with van der Waals surface area (Å²) in [4.78, 5) is 11.0. The molecule has 1 aliphatic heterocycles. The van der Waals surface area contributed by atoms with Crippen LogP contribution in [-0.2, 0) is 4.79 Å². The monoisotopic (exact) mass is 139 g/mol. The molecule has 0 atom stereocenters. The molecular weight excluding hydrogens is 126 g/mol. The second-order valence-corrected chi connectivity index (χ2v) is 2.59. The lowest BCUT2D eigenvalue weighted by Crippen LogP contribution is -2.30. The van der Waals surface area contributed by atoms with Gasteiger partial charge in [-0.15, -0.1) is 0 Å². The molecule has 1 heterocycles. The van der Waals surface area contributed by atoms with Gasteiger partial charge in [0.25, 0.3) is 0 Å². The van der Waals surface area contributed by atoms with Crippen LogP contribution >= 0.6 is 0 Å². The van der Waals surface area contributed by atoms with Crippen LogP contribution in [0.4, 0.5) is 0 Å². The number of carbonyl (C=O) groups is 1. The molecule has 0 spiro atoms. The van der Waals surface area contributed by atoms with Gasteiger partial charge in [0, 0.05) is 12.1 Å². The highest BCUT2D eigenvalue weighted by atomic mass is 16.1. The Kier molecular flexibility index (Phi) is 2.10. The number of nitrogens with one attached hydrogen (secondary N) is 1. The van der Waals surface area contributed by atoms with Gasteiger partial charge in [0.2, 0.25) is 5.91 Å². The minimum atomic E-state index is 0.114. The highest BCUT2D eigenvalue weighted by Gasteiger charge is 2.13. The summed E-state index contributed by atoms with van der Waals surface area (Å²) in [6.45, 7) is 4.81. The molecule has 0 aliphatic carbocycles. The Morgan fingerprint density at radius 1 is 1.60 bits per heavy atom. The van der Waals surface area contributed by atoms with E-state index >= 15 is 0 Å². The quantitative estimate of drug-likeness (QED) is 0.581. The number of hydrogen-bond donors (Lipinski definition) is 1. The van der Waals surface area contributed by atoms with Crippen molar-refractivity contribution in [2.75, 3.05) is 6.54 Å². The fourth-order valence-corrected chi connectivity index (χ4v) is 1.25. The molecule has 2 heteroatoms. The van der Waals surface area contributed by atoms with E-state index in [2.05, 4.69) is 12.2 Å². The molecule has 0 aromatic rings. The molecule has 0 radical (unpaired) electrons. The van der Waals surface area contributed by atoms with E-state index in [-0.39, 0.29) is 5.91 Å². The van der Waals surface area contributed by atoms with Crippen molar-refractivity contribution in [3.05, 3.63) is 11.1 Å². The third-order valence-electron chi connectivity index (χ3n) is 2.01. The van der Waals surface area contributed by atoms with Crippen molar-refractivity contribution in [1.29, 1.82) is 0 Å². The summed E-state index contributed by atoms with van der Waals surface area (Å²) in [5.74, 6) is 0.114. The predicted octanol–water partition coefficient (Wildman–Crippen LogP) is 1.23. The zero-order chi connectivity index (χ0) is 7.56. The van der Waals surface area contributed by atoms with Gasteiger partial charge < -0.3 is 5.32 Å². The van der Waals surface area contributed by atoms with Crippen molar-refractivity contribution < 1.29 is 4.79 Å². The largest absolute Gasteiger partial charge is 0.352 e. The fraction of sp³-hybridized carbons (Fsp3) is 0.625. The molecular formula is C8H13NO. The standard InChI is InChI=1S/C8H13NO/c1-3-7-4-5-9-8(10)6(7)2/h3-5H2,1-2H3,(H,9,10). The maximum Gasteiger partial charge on any atom is 0.246 e. The van der Waals surface area contributed by atoms with Crippen LogP contribution in [0.25, 0.3) is 0 Å². The number of carbonyl (C=O) groups excluding carboxylic acids is 1. The summed E-state index contributed by atoms with van der Waals surface area (Å²) in [6.07, 6.45) is 2.05.